The average molecular weight is 185 g/mol. The second kappa shape index (κ2) is 3.52. The maximum Gasteiger partial charge on any atom is 0.269 e. The summed E-state index contributed by atoms with van der Waals surface area (Å²) >= 11 is 1.23. The van der Waals surface area contributed by atoms with Gasteiger partial charge in [-0.3, -0.25) is 0 Å². The van der Waals surface area contributed by atoms with Gasteiger partial charge in [0.05, 0.1) is 5.69 Å². The van der Waals surface area contributed by atoms with Gasteiger partial charge in [0.15, 0.2) is 0 Å². The maximum absolute atomic E-state index is 12.8. The van der Waals surface area contributed by atoms with Gasteiger partial charge in [0.1, 0.15) is 0 Å². The molecule has 0 amide bonds. The molecule has 0 fully saturated rings. The fraction of sp³-hybridized carbons (Fsp3) is 0.667. The summed E-state index contributed by atoms with van der Waals surface area (Å²) in [4.78, 5) is 5.09. The predicted octanol–water partition coefficient (Wildman–Crippen LogP) is 2.94. The van der Waals surface area contributed by atoms with Gasteiger partial charge in [-0.15, -0.1) is 0 Å². The Bertz CT molecular complexity index is 244. The molecule has 1 aliphatic carbocycles. The van der Waals surface area contributed by atoms with Crippen LogP contribution in [-0.4, -0.2) is 4.98 Å². The molecule has 0 atom stereocenters. The van der Waals surface area contributed by atoms with Crippen molar-refractivity contribution in [1.82, 2.24) is 4.98 Å². The number of fused-ring (bicyclic) bond motifs is 1. The van der Waals surface area contributed by atoms with Gasteiger partial charge in [0.25, 0.3) is 5.26 Å². The van der Waals surface area contributed by atoms with E-state index in [0.29, 0.717) is 0 Å². The Kier molecular flexibility index (Phi) is 2.40. The summed E-state index contributed by atoms with van der Waals surface area (Å²) in [5.41, 5.74) is 1.03. The molecule has 0 unspecified atom stereocenters. The van der Waals surface area contributed by atoms with Crippen LogP contribution in [0.15, 0.2) is 0 Å². The molecule has 1 heterocycles. The third-order valence-corrected chi connectivity index (χ3v) is 3.27. The number of aromatic nitrogens is 1. The van der Waals surface area contributed by atoms with Crippen molar-refractivity contribution in [2.45, 2.75) is 38.5 Å². The lowest BCUT2D eigenvalue weighted by Gasteiger charge is -2.06. The molecule has 0 aromatic carbocycles. The second-order valence-electron chi connectivity index (χ2n) is 3.25. The highest BCUT2D eigenvalue weighted by atomic mass is 32.1. The van der Waals surface area contributed by atoms with Crippen molar-refractivity contribution in [1.29, 1.82) is 0 Å². The first-order chi connectivity index (χ1) is 5.86. The molecule has 1 aliphatic rings. The summed E-state index contributed by atoms with van der Waals surface area (Å²) in [6.07, 6.45) is 6.97. The van der Waals surface area contributed by atoms with Gasteiger partial charge in [0.2, 0.25) is 0 Å². The Balaban J connectivity index is 2.23. The molecule has 1 aromatic heterocycles. The molecule has 0 bridgehead atoms. The summed E-state index contributed by atoms with van der Waals surface area (Å²) in [7, 11) is 0. The summed E-state index contributed by atoms with van der Waals surface area (Å²) in [5, 5.41) is -0.248. The molecule has 0 spiro atoms. The molecule has 0 aliphatic heterocycles. The molecular weight excluding hydrogens is 173 g/mol. The number of rotatable bonds is 0. The first-order valence-electron chi connectivity index (χ1n) is 4.50. The lowest BCUT2D eigenvalue weighted by Crippen LogP contribution is -1.96. The zero-order valence-electron chi connectivity index (χ0n) is 6.98. The van der Waals surface area contributed by atoms with Gasteiger partial charge in [0, 0.05) is 4.88 Å². The Hall–Kier alpha value is -0.440. The van der Waals surface area contributed by atoms with Crippen LogP contribution in [0.4, 0.5) is 4.39 Å². The van der Waals surface area contributed by atoms with Crippen LogP contribution in [-0.2, 0) is 12.8 Å². The van der Waals surface area contributed by atoms with Gasteiger partial charge in [-0.25, -0.2) is 4.98 Å². The van der Waals surface area contributed by atoms with Crippen LogP contribution in [0.2, 0.25) is 0 Å². The minimum atomic E-state index is -0.248. The average Bonchev–Trinajstić information content (AvgIpc) is 2.32. The van der Waals surface area contributed by atoms with Crippen LogP contribution in [0.5, 0.6) is 0 Å². The summed E-state index contributed by atoms with van der Waals surface area (Å²) < 4.78 is 12.8. The monoisotopic (exact) mass is 185 g/mol. The van der Waals surface area contributed by atoms with Crippen LogP contribution >= 0.6 is 11.3 Å². The van der Waals surface area contributed by atoms with E-state index in [1.807, 2.05) is 0 Å². The number of thiazole rings is 1. The molecule has 2 rings (SSSR count). The quantitative estimate of drug-likeness (QED) is 0.605. The van der Waals surface area contributed by atoms with Crippen molar-refractivity contribution >= 4 is 11.3 Å². The van der Waals surface area contributed by atoms with E-state index in [0.717, 1.165) is 18.5 Å². The van der Waals surface area contributed by atoms with Crippen LogP contribution < -0.4 is 0 Å². The molecule has 1 aromatic rings. The lowest BCUT2D eigenvalue weighted by molar-refractivity contribution is 0.591. The largest absolute Gasteiger partial charge is 0.269 e. The van der Waals surface area contributed by atoms with Crippen LogP contribution in [0, 0.1) is 5.26 Å². The zero-order valence-corrected chi connectivity index (χ0v) is 7.79. The lowest BCUT2D eigenvalue weighted by atomic mass is 10.0. The van der Waals surface area contributed by atoms with Crippen molar-refractivity contribution in [3.05, 3.63) is 15.8 Å². The number of hydrogen-bond donors (Lipinski definition) is 0. The third-order valence-electron chi connectivity index (χ3n) is 2.32. The maximum atomic E-state index is 12.8. The van der Waals surface area contributed by atoms with Crippen molar-refractivity contribution in [3.63, 3.8) is 0 Å². The first kappa shape index (κ1) is 8.17. The topological polar surface area (TPSA) is 12.9 Å². The van der Waals surface area contributed by atoms with Crippen molar-refractivity contribution < 1.29 is 4.39 Å². The fourth-order valence-corrected chi connectivity index (χ4v) is 2.55. The minimum Gasteiger partial charge on any atom is -0.214 e. The molecule has 0 radical (unpaired) electrons. The summed E-state index contributed by atoms with van der Waals surface area (Å²) in [5.74, 6) is 0. The highest BCUT2D eigenvalue weighted by molar-refractivity contribution is 7.10. The molecule has 0 saturated carbocycles. The minimum absolute atomic E-state index is 0.248. The molecule has 1 nitrogen and oxygen atoms in total. The van der Waals surface area contributed by atoms with Crippen molar-refractivity contribution in [2.75, 3.05) is 0 Å². The zero-order chi connectivity index (χ0) is 8.39. The van der Waals surface area contributed by atoms with Crippen LogP contribution in [0.3, 0.4) is 0 Å². The highest BCUT2D eigenvalue weighted by Gasteiger charge is 2.12. The van der Waals surface area contributed by atoms with E-state index in [1.165, 1.54) is 41.9 Å². The summed E-state index contributed by atoms with van der Waals surface area (Å²) in [6.45, 7) is 0. The number of nitrogens with zero attached hydrogens (tertiary/aromatic N) is 1. The SMILES string of the molecule is Fc1nc2c(s1)CCCCCC2. The molecular formula is C9H12FNS. The van der Waals surface area contributed by atoms with Crippen molar-refractivity contribution in [2.24, 2.45) is 0 Å². The Morgan fingerprint density at radius 3 is 2.67 bits per heavy atom. The van der Waals surface area contributed by atoms with E-state index in [4.69, 9.17) is 0 Å². The van der Waals surface area contributed by atoms with E-state index >= 15 is 0 Å². The van der Waals surface area contributed by atoms with Gasteiger partial charge < -0.3 is 0 Å². The van der Waals surface area contributed by atoms with E-state index in [-0.39, 0.29) is 5.26 Å². The second-order valence-corrected chi connectivity index (χ2v) is 4.28. The van der Waals surface area contributed by atoms with E-state index in [9.17, 15) is 4.39 Å². The Morgan fingerprint density at radius 2 is 1.83 bits per heavy atom. The van der Waals surface area contributed by atoms with Crippen molar-refractivity contribution in [3.8, 4) is 0 Å². The third kappa shape index (κ3) is 1.66. The van der Waals surface area contributed by atoms with Crippen LogP contribution in [0.1, 0.15) is 36.3 Å². The molecule has 0 N–H and O–H groups in total. The number of aryl methyl sites for hydroxylation is 2. The molecule has 12 heavy (non-hydrogen) atoms. The first-order valence-corrected chi connectivity index (χ1v) is 5.32. The van der Waals surface area contributed by atoms with Gasteiger partial charge in [-0.05, 0) is 25.7 Å². The number of halogens is 1. The normalized spacial score (nSPS) is 18.1. The summed E-state index contributed by atoms with van der Waals surface area (Å²) in [6, 6.07) is 0. The Morgan fingerprint density at radius 1 is 1.08 bits per heavy atom. The fourth-order valence-electron chi connectivity index (χ4n) is 1.67. The van der Waals surface area contributed by atoms with E-state index < -0.39 is 0 Å². The highest BCUT2D eigenvalue weighted by Crippen LogP contribution is 2.24. The van der Waals surface area contributed by atoms with E-state index in [1.54, 1.807) is 0 Å². The van der Waals surface area contributed by atoms with Gasteiger partial charge in [-0.1, -0.05) is 24.2 Å². The Labute approximate surface area is 75.6 Å². The van der Waals surface area contributed by atoms with E-state index in [2.05, 4.69) is 4.98 Å². The molecule has 66 valence electrons. The molecule has 0 saturated heterocycles. The number of hydrogen-bond acceptors (Lipinski definition) is 2. The van der Waals surface area contributed by atoms with Gasteiger partial charge in [-0.2, -0.15) is 4.39 Å². The van der Waals surface area contributed by atoms with Crippen LogP contribution in [0.25, 0.3) is 0 Å². The smallest absolute Gasteiger partial charge is 0.214 e. The predicted molar refractivity (Wildman–Crippen MR) is 47.9 cm³/mol. The van der Waals surface area contributed by atoms with Gasteiger partial charge >= 0.3 is 0 Å². The molecule has 3 heteroatoms. The standard InChI is InChI=1S/C9H12FNS/c10-9-11-7-5-3-1-2-4-6-8(7)12-9/h1-6H2.